The first-order valence-electron chi connectivity index (χ1n) is 86.8. The minimum absolute atomic E-state index is 0.0144. The van der Waals surface area contributed by atoms with E-state index in [1.54, 1.807) is 18.7 Å². The Bertz CT molecular complexity index is 9090. The van der Waals surface area contributed by atoms with Crippen molar-refractivity contribution in [3.05, 3.63) is 140 Å². The molecule has 15 unspecified atom stereocenters. The first-order chi connectivity index (χ1) is 99.7. The molecule has 6 aromatic carbocycles. The lowest BCUT2D eigenvalue weighted by atomic mass is 9.79. The van der Waals surface area contributed by atoms with Gasteiger partial charge in [-0.2, -0.15) is 0 Å². The predicted molar refractivity (Wildman–Crippen MR) is 555 cm³/mol. The molecule has 0 amide bonds. The average Bonchev–Trinajstić information content (AvgIpc) is 0.658. The van der Waals surface area contributed by atoms with Gasteiger partial charge in [-0.3, -0.25) is 58.2 Å². The maximum Gasteiger partial charge on any atom is 0.161 e. The number of benzene rings is 6. The molecule has 0 N–H and O–H groups in total. The maximum absolute atomic E-state index is 13.9. The second-order valence-corrected chi connectivity index (χ2v) is 35.4. The smallest absolute Gasteiger partial charge is 0.161 e. The Labute approximate surface area is 960 Å². The second kappa shape index (κ2) is 50.0. The van der Waals surface area contributed by atoms with E-state index in [1.807, 2.05) is 27.7 Å². The third-order valence-electron chi connectivity index (χ3n) is 25.1. The lowest BCUT2D eigenvalue weighted by Crippen LogP contribution is -2.46. The summed E-state index contributed by atoms with van der Waals surface area (Å²) in [6, 6.07) is 2.67. The molecule has 0 bridgehead atoms. The Hall–Kier alpha value is -9.30. The number of hydrogen-bond acceptors (Lipinski definition) is 24. The van der Waals surface area contributed by atoms with E-state index in [1.165, 1.54) is 24.3 Å². The SMILES string of the molecule is [2H]C([2H])([2H])Oc1cc2c(cc1OC([2H])([2H])[2H])C([2H])([2H])C([2H])([2H])N1CC(C([2H])([2H])C([2H])(C([2H])([2H])[2H])C([2H])([2H])C)C(=O)CC21[2H].[2H]C([2H])([2H])Oc1cc2c(cc1OC([2H])([2H])[2H])C([2H])([2H])C([2H])([2H])N1CC(CC(C)C)C(=O)CC21[2H].[2H]C([2H])([2H])Oc1cc2c(cc1OC([2H])([2H])[2H])C1CC(=O)C(C([2H])([2H])C([2H])(C([2H])([2H])[2H])C([2H])([2H])C)C([2H])([2H])N1CC2.[2H]C([2H])([2H])Oc1cc2c(cc1OC([2H])([2H])[2H])C1CC(=O)C(CC(C)C)C([2H])([2H])N1CC2.[2H]C([2H])([2H])Oc1cc2c(cc1OC([2H])([2H])[2H])C1N(CC2)C([2H])([2H])C([2H])(C([2H])([2H])C([2H])(C([2H])([2H])[2H])C([2H])([2H])C)C(=O)C1([2H])[2H].[2H]C([2H])([2H])Oc1cc2c(cc1OC([2H])([2H])[2H])C1N(CC2)C([2H])([2H])C([2H])(CC(C)C)C(=O)C1([2H])[2H]. The quantitative estimate of drug-likeness (QED) is 0.0466. The molecule has 12 aliphatic heterocycles. The van der Waals surface area contributed by atoms with Crippen molar-refractivity contribution in [3.8, 4) is 69.0 Å². The fourth-order valence-corrected chi connectivity index (χ4v) is 18.2. The van der Waals surface area contributed by atoms with Crippen LogP contribution in [0.15, 0.2) is 72.8 Å². The van der Waals surface area contributed by atoms with Crippen LogP contribution in [-0.2, 0) is 67.2 Å². The molecule has 0 aromatic heterocycles. The minimum atomic E-state index is -4.20. The fraction of sp³-hybridized carbons (Fsp3) is 0.641. The molecule has 6 saturated heterocycles. The highest BCUT2D eigenvalue weighted by atomic mass is 16.5. The van der Waals surface area contributed by atoms with Gasteiger partial charge in [0.15, 0.2) is 69.0 Å². The Morgan fingerprint density at radius 2 is 0.603 bits per heavy atom. The monoisotopic (exact) mass is 2030 g/mol. The summed E-state index contributed by atoms with van der Waals surface area (Å²) >= 11 is 0. The summed E-state index contributed by atoms with van der Waals surface area (Å²) in [5.41, 5.74) is 0.243. The molecule has 15 atom stereocenters. The molecule has 0 aliphatic carbocycles. The van der Waals surface area contributed by atoms with Crippen molar-refractivity contribution in [1.29, 1.82) is 0 Å². The van der Waals surface area contributed by atoms with Gasteiger partial charge in [-0.15, -0.1) is 0 Å². The maximum atomic E-state index is 13.9. The van der Waals surface area contributed by atoms with Gasteiger partial charge >= 0.3 is 0 Å². The number of nitrogens with zero attached hydrogens (tertiary/aromatic N) is 6. The third-order valence-corrected chi connectivity index (χ3v) is 25.1. The number of Topliss-reactive ketones (excluding diaryl/α,β-unsaturated/α-hetero) is 6. The number of rotatable bonds is 27. The molecular formula is C117H168N6O18. The molecule has 0 saturated carbocycles. The molecule has 24 heteroatoms. The molecule has 6 aromatic rings. The van der Waals surface area contributed by atoms with Crippen molar-refractivity contribution in [2.45, 2.75) is 253 Å². The molecular weight excluding hydrogens is 1780 g/mol. The van der Waals surface area contributed by atoms with E-state index in [9.17, 15) is 30.1 Å². The van der Waals surface area contributed by atoms with Gasteiger partial charge in [0.05, 0.1) is 137 Å². The molecule has 141 heavy (non-hydrogen) atoms. The number of aryl methyl sites for hydroxylation is 2. The van der Waals surface area contributed by atoms with E-state index in [-0.39, 0.29) is 126 Å². The number of carbonyl (C=O) groups excluding carboxylic acids is 6. The van der Waals surface area contributed by atoms with Gasteiger partial charge in [0.2, 0.25) is 0 Å². The van der Waals surface area contributed by atoms with E-state index in [0.717, 1.165) is 57.2 Å². The van der Waals surface area contributed by atoms with Crippen LogP contribution in [0.2, 0.25) is 0 Å². The predicted octanol–water partition coefficient (Wildman–Crippen LogP) is 20.6. The minimum Gasteiger partial charge on any atom is -0.493 e. The molecule has 18 rings (SSSR count). The second-order valence-electron chi connectivity index (χ2n) is 35.4. The van der Waals surface area contributed by atoms with Gasteiger partial charge in [-0.1, -0.05) is 102 Å². The van der Waals surface area contributed by atoms with E-state index in [0.29, 0.717) is 84.7 Å². The first kappa shape index (κ1) is 43.4. The number of methoxy groups -OCH3 is 12. The standard InChI is InChI=1S/3C20H29NO3.3C19H27NO3/c3*1-5-13(2)8-15-12-21-7-6-14-9-19(23-3)20(24-4)10-16(14)17(21)11-18(15)22;3*1-12(2)7-14-11-20-6-5-13-8-18(22-3)19(23-4)9-15(13)16(20)10-17(14)21/h3*9-10,13,15,17H,5-8,11-12H2,1-4H3;3*8-9,12,14,16H,5-7,10-11H2,1-4H3/i2D3,3D3,4D3,5D2,8D2,11D2,12D2,13D,15D;2D3,3D3,4D3,5D2,6D2,7D2,8D2,13D,17D;2D3,3D3,4D3,5D2,8D2,12D2,13D;3D3,4D3,10D2,11D2,14D;3D3,4D3,5D2,6D2,16D;3D3,4D3,11D2. The van der Waals surface area contributed by atoms with E-state index < -0.39 is 421 Å². The van der Waals surface area contributed by atoms with Crippen LogP contribution < -0.4 is 56.8 Å². The normalized spacial score (nSPS) is 41.7. The largest absolute Gasteiger partial charge is 0.493 e. The zero-order valence-corrected chi connectivity index (χ0v) is 78.3. The zero-order valence-electron chi connectivity index (χ0n) is 162. The Balaban J connectivity index is 0.000000215. The molecule has 24 nitrogen and oxygen atoms in total. The van der Waals surface area contributed by atoms with E-state index >= 15 is 0 Å². The van der Waals surface area contributed by atoms with Crippen LogP contribution in [-0.4, -0.2) is 227 Å². The number of carbonyl (C=O) groups is 6. The summed E-state index contributed by atoms with van der Waals surface area (Å²) < 4.78 is 730. The number of fused-ring (bicyclic) bond motifs is 18. The molecule has 12 aliphatic rings. The summed E-state index contributed by atoms with van der Waals surface area (Å²) in [4.78, 5) is 85.9. The van der Waals surface area contributed by atoms with Crippen molar-refractivity contribution in [2.75, 3.05) is 163 Å². The van der Waals surface area contributed by atoms with Gasteiger partial charge in [-0.05, 0) is 252 Å². The molecule has 0 radical (unpaired) electrons. The highest BCUT2D eigenvalue weighted by Crippen LogP contribution is 2.51. The molecule has 774 valence electrons. The number of ketones is 6. The molecule has 6 fully saturated rings. The van der Waals surface area contributed by atoms with Gasteiger partial charge in [0.25, 0.3) is 0 Å². The van der Waals surface area contributed by atoms with Crippen LogP contribution in [0, 0.1) is 70.9 Å². The van der Waals surface area contributed by atoms with Gasteiger partial charge in [-0.25, -0.2) is 0 Å². The van der Waals surface area contributed by atoms with Crippen LogP contribution in [0.25, 0.3) is 0 Å². The lowest BCUT2D eigenvalue weighted by molar-refractivity contribution is -0.130. The van der Waals surface area contributed by atoms with Crippen molar-refractivity contribution in [1.82, 2.24) is 29.4 Å². The molecule has 0 spiro atoms. The fourth-order valence-electron chi connectivity index (χ4n) is 18.2. The summed E-state index contributed by atoms with van der Waals surface area (Å²) in [6.07, 6.45) is -33.9. The highest BCUT2D eigenvalue weighted by molar-refractivity contribution is 5.86. The lowest BCUT2D eigenvalue weighted by Gasteiger charge is -2.43. The number of piperidine rings is 6. The topological polar surface area (TPSA) is 233 Å². The van der Waals surface area contributed by atoms with Crippen LogP contribution in [0.1, 0.15) is 397 Å². The van der Waals surface area contributed by atoms with E-state index in [2.05, 4.69) is 0 Å². The van der Waals surface area contributed by atoms with Crippen molar-refractivity contribution in [2.24, 2.45) is 70.9 Å². The number of ether oxygens (including phenoxy) is 12. The van der Waals surface area contributed by atoms with Crippen LogP contribution in [0.5, 0.6) is 69.0 Å². The van der Waals surface area contributed by atoms with Gasteiger partial charge in [0.1, 0.15) is 34.7 Å². The summed E-state index contributed by atoms with van der Waals surface area (Å²) in [6.45, 7) is -16.8. The van der Waals surface area contributed by atoms with Crippen LogP contribution in [0.3, 0.4) is 0 Å². The van der Waals surface area contributed by atoms with Crippen LogP contribution >= 0.6 is 0 Å². The third kappa shape index (κ3) is 25.6. The Kier molecular flexibility index (Phi) is 15.4. The van der Waals surface area contributed by atoms with E-state index in [4.69, 9.17) is 171 Å². The summed E-state index contributed by atoms with van der Waals surface area (Å²) in [5.74, 6) is -35.9. The van der Waals surface area contributed by atoms with Gasteiger partial charge < -0.3 is 56.8 Å². The Morgan fingerprint density at radius 1 is 0.319 bits per heavy atom. The highest BCUT2D eigenvalue weighted by Gasteiger charge is 2.47. The number of hydrogen-bond donors (Lipinski definition) is 0. The first-order valence-corrected chi connectivity index (χ1v) is 44.8. The summed E-state index contributed by atoms with van der Waals surface area (Å²) in [7, 11) is -36.3. The van der Waals surface area contributed by atoms with Gasteiger partial charge in [0, 0.05) is 251 Å². The van der Waals surface area contributed by atoms with Crippen LogP contribution in [0.4, 0.5) is 0 Å². The summed E-state index contributed by atoms with van der Waals surface area (Å²) in [5, 5.41) is 0. The zero-order chi connectivity index (χ0) is 174. The van der Waals surface area contributed by atoms with Crippen molar-refractivity contribution in [3.63, 3.8) is 0 Å². The average molecular weight is 2030 g/mol. The van der Waals surface area contributed by atoms with Crippen molar-refractivity contribution >= 4 is 34.7 Å². The molecule has 12 heterocycles. The Morgan fingerprint density at radius 3 is 0.965 bits per heavy atom. The van der Waals surface area contributed by atoms with Crippen molar-refractivity contribution < 1.29 is 201 Å².